The molecule has 1 fully saturated rings. The summed E-state index contributed by atoms with van der Waals surface area (Å²) in [5, 5.41) is 3.28. The van der Waals surface area contributed by atoms with E-state index in [-0.39, 0.29) is 0 Å². The topological polar surface area (TPSA) is 73.1 Å². The standard InChI is InChI=1S/C13H22N4O/c1-2-18-12-7-8-15-13(17-12)16-9-10-3-5-11(14)6-4-10/h7-8,10-11H,2-6,9,14H2,1H3,(H,15,16,17). The second-order valence-corrected chi connectivity index (χ2v) is 4.81. The maximum atomic E-state index is 5.90. The van der Waals surface area contributed by atoms with Crippen LogP contribution in [-0.2, 0) is 0 Å². The first-order valence-electron chi connectivity index (χ1n) is 6.73. The van der Waals surface area contributed by atoms with Crippen LogP contribution in [0.5, 0.6) is 5.88 Å². The van der Waals surface area contributed by atoms with Crippen LogP contribution in [0.15, 0.2) is 12.3 Å². The van der Waals surface area contributed by atoms with Crippen LogP contribution >= 0.6 is 0 Å². The molecule has 2 rings (SSSR count). The number of nitrogens with one attached hydrogen (secondary N) is 1. The third-order valence-corrected chi connectivity index (χ3v) is 3.36. The molecule has 1 heterocycles. The molecular formula is C13H22N4O. The van der Waals surface area contributed by atoms with Crippen LogP contribution in [0.3, 0.4) is 0 Å². The van der Waals surface area contributed by atoms with Crippen molar-refractivity contribution in [3.63, 3.8) is 0 Å². The van der Waals surface area contributed by atoms with Crippen LogP contribution < -0.4 is 15.8 Å². The van der Waals surface area contributed by atoms with Crippen molar-refractivity contribution in [1.82, 2.24) is 9.97 Å². The third kappa shape index (κ3) is 3.84. The van der Waals surface area contributed by atoms with Crippen molar-refractivity contribution in [2.75, 3.05) is 18.5 Å². The SMILES string of the molecule is CCOc1ccnc(NCC2CCC(N)CC2)n1. The summed E-state index contributed by atoms with van der Waals surface area (Å²) in [6.07, 6.45) is 6.37. The zero-order valence-corrected chi connectivity index (χ0v) is 10.9. The molecule has 0 unspecified atom stereocenters. The van der Waals surface area contributed by atoms with Crippen molar-refractivity contribution in [2.45, 2.75) is 38.6 Å². The summed E-state index contributed by atoms with van der Waals surface area (Å²) in [7, 11) is 0. The summed E-state index contributed by atoms with van der Waals surface area (Å²) < 4.78 is 5.34. The summed E-state index contributed by atoms with van der Waals surface area (Å²) in [6, 6.07) is 2.17. The smallest absolute Gasteiger partial charge is 0.225 e. The zero-order valence-electron chi connectivity index (χ0n) is 10.9. The molecule has 0 saturated heterocycles. The van der Waals surface area contributed by atoms with E-state index in [1.165, 1.54) is 12.8 Å². The molecule has 1 aromatic heterocycles. The largest absolute Gasteiger partial charge is 0.478 e. The van der Waals surface area contributed by atoms with E-state index in [0.717, 1.165) is 19.4 Å². The van der Waals surface area contributed by atoms with Crippen LogP contribution in [0.25, 0.3) is 0 Å². The molecule has 5 nitrogen and oxygen atoms in total. The van der Waals surface area contributed by atoms with Gasteiger partial charge in [0.25, 0.3) is 0 Å². The molecule has 0 radical (unpaired) electrons. The summed E-state index contributed by atoms with van der Waals surface area (Å²) in [6.45, 7) is 3.49. The number of nitrogens with two attached hydrogens (primary N) is 1. The monoisotopic (exact) mass is 250 g/mol. The second kappa shape index (κ2) is 6.54. The molecule has 0 bridgehead atoms. The van der Waals surface area contributed by atoms with Gasteiger partial charge in [0.1, 0.15) is 0 Å². The van der Waals surface area contributed by atoms with E-state index >= 15 is 0 Å². The highest BCUT2D eigenvalue weighted by Gasteiger charge is 2.18. The lowest BCUT2D eigenvalue weighted by Crippen LogP contribution is -2.29. The summed E-state index contributed by atoms with van der Waals surface area (Å²) in [5.74, 6) is 1.96. The number of nitrogens with zero attached hydrogens (tertiary/aromatic N) is 2. The Morgan fingerprint density at radius 1 is 1.39 bits per heavy atom. The fourth-order valence-electron chi connectivity index (χ4n) is 2.28. The first kappa shape index (κ1) is 13.1. The molecule has 0 aromatic carbocycles. The van der Waals surface area contributed by atoms with Gasteiger partial charge in [-0.15, -0.1) is 0 Å². The van der Waals surface area contributed by atoms with Gasteiger partial charge in [0.2, 0.25) is 11.8 Å². The first-order valence-corrected chi connectivity index (χ1v) is 6.73. The highest BCUT2D eigenvalue weighted by molar-refractivity contribution is 5.27. The Kier molecular flexibility index (Phi) is 4.75. The minimum atomic E-state index is 0.402. The Hall–Kier alpha value is -1.36. The highest BCUT2D eigenvalue weighted by Crippen LogP contribution is 2.23. The molecule has 0 aliphatic heterocycles. The van der Waals surface area contributed by atoms with Crippen molar-refractivity contribution in [2.24, 2.45) is 11.7 Å². The summed E-state index contributed by atoms with van der Waals surface area (Å²) >= 11 is 0. The predicted octanol–water partition coefficient (Wildman–Crippen LogP) is 1.80. The van der Waals surface area contributed by atoms with Crippen molar-refractivity contribution in [1.29, 1.82) is 0 Å². The molecule has 1 aromatic rings. The van der Waals surface area contributed by atoms with Crippen molar-refractivity contribution in [3.8, 4) is 5.88 Å². The van der Waals surface area contributed by atoms with Crippen LogP contribution in [0.4, 0.5) is 5.95 Å². The van der Waals surface area contributed by atoms with Crippen LogP contribution in [0, 0.1) is 5.92 Å². The van der Waals surface area contributed by atoms with Crippen molar-refractivity contribution in [3.05, 3.63) is 12.3 Å². The van der Waals surface area contributed by atoms with Crippen LogP contribution in [0.1, 0.15) is 32.6 Å². The molecule has 1 saturated carbocycles. The van der Waals surface area contributed by atoms with Crippen LogP contribution in [-0.4, -0.2) is 29.2 Å². The molecule has 5 heteroatoms. The Balaban J connectivity index is 1.80. The van der Waals surface area contributed by atoms with Gasteiger partial charge in [0.05, 0.1) is 6.61 Å². The van der Waals surface area contributed by atoms with E-state index in [1.807, 2.05) is 6.92 Å². The average molecular weight is 250 g/mol. The van der Waals surface area contributed by atoms with Gasteiger partial charge in [-0.3, -0.25) is 0 Å². The number of hydrogen-bond donors (Lipinski definition) is 2. The lowest BCUT2D eigenvalue weighted by atomic mass is 9.86. The lowest BCUT2D eigenvalue weighted by molar-refractivity contribution is 0.325. The number of rotatable bonds is 5. The van der Waals surface area contributed by atoms with Gasteiger partial charge in [-0.05, 0) is 38.5 Å². The van der Waals surface area contributed by atoms with E-state index in [4.69, 9.17) is 10.5 Å². The van der Waals surface area contributed by atoms with Gasteiger partial charge in [0, 0.05) is 24.8 Å². The van der Waals surface area contributed by atoms with Crippen molar-refractivity contribution >= 4 is 5.95 Å². The molecular weight excluding hydrogens is 228 g/mol. The van der Waals surface area contributed by atoms with Gasteiger partial charge < -0.3 is 15.8 Å². The molecule has 100 valence electrons. The van der Waals surface area contributed by atoms with Gasteiger partial charge in [-0.25, -0.2) is 4.98 Å². The number of ether oxygens (including phenoxy) is 1. The lowest BCUT2D eigenvalue weighted by Gasteiger charge is -2.26. The summed E-state index contributed by atoms with van der Waals surface area (Å²) in [4.78, 5) is 8.49. The highest BCUT2D eigenvalue weighted by atomic mass is 16.5. The maximum absolute atomic E-state index is 5.90. The normalized spacial score (nSPS) is 23.7. The van der Waals surface area contributed by atoms with Crippen LogP contribution in [0.2, 0.25) is 0 Å². The number of aromatic nitrogens is 2. The van der Waals surface area contributed by atoms with Gasteiger partial charge >= 0.3 is 0 Å². The fraction of sp³-hybridized carbons (Fsp3) is 0.692. The van der Waals surface area contributed by atoms with Gasteiger partial charge in [-0.1, -0.05) is 0 Å². The molecule has 3 N–H and O–H groups in total. The zero-order chi connectivity index (χ0) is 12.8. The maximum Gasteiger partial charge on any atom is 0.225 e. The van der Waals surface area contributed by atoms with Gasteiger partial charge in [-0.2, -0.15) is 4.98 Å². The molecule has 18 heavy (non-hydrogen) atoms. The molecule has 1 aliphatic carbocycles. The fourth-order valence-corrected chi connectivity index (χ4v) is 2.28. The molecule has 0 amide bonds. The Bertz CT molecular complexity index is 364. The second-order valence-electron chi connectivity index (χ2n) is 4.81. The molecule has 0 atom stereocenters. The summed E-state index contributed by atoms with van der Waals surface area (Å²) in [5.41, 5.74) is 5.90. The molecule has 0 spiro atoms. The van der Waals surface area contributed by atoms with E-state index in [1.54, 1.807) is 12.3 Å². The third-order valence-electron chi connectivity index (χ3n) is 3.36. The Morgan fingerprint density at radius 3 is 2.89 bits per heavy atom. The Labute approximate surface area is 108 Å². The number of hydrogen-bond acceptors (Lipinski definition) is 5. The van der Waals surface area contributed by atoms with E-state index < -0.39 is 0 Å². The predicted molar refractivity (Wildman–Crippen MR) is 71.6 cm³/mol. The minimum Gasteiger partial charge on any atom is -0.478 e. The number of anilines is 1. The Morgan fingerprint density at radius 2 is 2.17 bits per heavy atom. The van der Waals surface area contributed by atoms with Gasteiger partial charge in [0.15, 0.2) is 0 Å². The molecule has 1 aliphatic rings. The first-order chi connectivity index (χ1) is 8.78. The van der Waals surface area contributed by atoms with E-state index in [2.05, 4.69) is 15.3 Å². The minimum absolute atomic E-state index is 0.402. The van der Waals surface area contributed by atoms with E-state index in [9.17, 15) is 0 Å². The quantitative estimate of drug-likeness (QED) is 0.833. The van der Waals surface area contributed by atoms with E-state index in [0.29, 0.717) is 30.4 Å². The average Bonchev–Trinajstić information content (AvgIpc) is 2.39. The van der Waals surface area contributed by atoms with Crippen molar-refractivity contribution < 1.29 is 4.74 Å².